The largest absolute Gasteiger partial charge is 0.467 e. The van der Waals surface area contributed by atoms with E-state index in [0.29, 0.717) is 12.3 Å². The molecule has 7 heteroatoms. The Morgan fingerprint density at radius 3 is 2.78 bits per heavy atom. The fraction of sp³-hybridized carbons (Fsp3) is 0.320. The molecule has 0 fully saturated rings. The molecule has 1 N–H and O–H groups in total. The van der Waals surface area contributed by atoms with Crippen molar-refractivity contribution in [1.82, 2.24) is 5.32 Å². The fourth-order valence-electron chi connectivity index (χ4n) is 4.32. The van der Waals surface area contributed by atoms with Gasteiger partial charge >= 0.3 is 0 Å². The van der Waals surface area contributed by atoms with E-state index in [-0.39, 0.29) is 24.9 Å². The van der Waals surface area contributed by atoms with E-state index in [2.05, 4.69) is 36.5 Å². The van der Waals surface area contributed by atoms with Gasteiger partial charge in [-0.3, -0.25) is 19.5 Å². The van der Waals surface area contributed by atoms with Crippen molar-refractivity contribution in [3.63, 3.8) is 0 Å². The highest BCUT2D eigenvalue weighted by Crippen LogP contribution is 2.42. The average molecular weight is 448 g/mol. The number of benzene rings is 1. The third-order valence-electron chi connectivity index (χ3n) is 5.97. The second-order valence-electron chi connectivity index (χ2n) is 8.26. The normalized spacial score (nSPS) is 15.6. The number of nitrogens with zero attached hydrogens (tertiary/aromatic N) is 2. The van der Waals surface area contributed by atoms with Gasteiger partial charge in [-0.25, -0.2) is 0 Å². The number of hydrogen-bond acceptors (Lipinski definition) is 5. The van der Waals surface area contributed by atoms with Crippen LogP contribution in [0.1, 0.15) is 45.7 Å². The minimum Gasteiger partial charge on any atom is -0.467 e. The minimum absolute atomic E-state index is 0.0252. The summed E-state index contributed by atoms with van der Waals surface area (Å²) in [5.74, 6) is 0.309. The van der Waals surface area contributed by atoms with Crippen LogP contribution in [0.4, 0.5) is 5.00 Å². The number of carbonyl (C=O) groups is 2. The van der Waals surface area contributed by atoms with Gasteiger partial charge in [-0.15, -0.1) is 11.3 Å². The smallest absolute Gasteiger partial charge is 0.249 e. The fourth-order valence-corrected chi connectivity index (χ4v) is 5.72. The van der Waals surface area contributed by atoms with Crippen molar-refractivity contribution < 1.29 is 14.0 Å². The quantitative estimate of drug-likeness (QED) is 0.642. The molecule has 1 aliphatic carbocycles. The molecule has 0 saturated heterocycles. The number of hydrogen-bond donors (Lipinski definition) is 1. The minimum atomic E-state index is -0.217. The van der Waals surface area contributed by atoms with Crippen LogP contribution in [0.3, 0.4) is 0 Å². The van der Waals surface area contributed by atoms with E-state index >= 15 is 0 Å². The number of thiophene rings is 1. The Bertz CT molecular complexity index is 1180. The molecule has 164 valence electrons. The molecule has 2 aromatic heterocycles. The third kappa shape index (κ3) is 4.00. The maximum atomic E-state index is 13.1. The van der Waals surface area contributed by atoms with Crippen LogP contribution in [0.5, 0.6) is 0 Å². The molecule has 32 heavy (non-hydrogen) atoms. The molecule has 2 amide bonds. The van der Waals surface area contributed by atoms with Gasteiger partial charge in [-0.2, -0.15) is 0 Å². The van der Waals surface area contributed by atoms with Crippen LogP contribution in [-0.2, 0) is 29.0 Å². The van der Waals surface area contributed by atoms with Gasteiger partial charge in [-0.1, -0.05) is 29.8 Å². The SMILES string of the molecule is Cc1ccc(C2=NCC(=O)N(CC(=O)NCc3ccco3)c3sc4c(c32)CCCC4)cc1. The van der Waals surface area contributed by atoms with Crippen molar-refractivity contribution in [2.45, 2.75) is 39.2 Å². The van der Waals surface area contributed by atoms with Crippen LogP contribution in [0.2, 0.25) is 0 Å². The number of aryl methyl sites for hydroxylation is 2. The summed E-state index contributed by atoms with van der Waals surface area (Å²) in [6.07, 6.45) is 5.86. The van der Waals surface area contributed by atoms with Gasteiger partial charge in [0, 0.05) is 16.0 Å². The Morgan fingerprint density at radius 2 is 2.00 bits per heavy atom. The molecule has 3 aromatic rings. The van der Waals surface area contributed by atoms with E-state index in [0.717, 1.165) is 47.5 Å². The first-order valence-corrected chi connectivity index (χ1v) is 11.8. The summed E-state index contributed by atoms with van der Waals surface area (Å²) in [7, 11) is 0. The number of fused-ring (bicyclic) bond motifs is 3. The van der Waals surface area contributed by atoms with Gasteiger partial charge in [0.2, 0.25) is 11.8 Å². The van der Waals surface area contributed by atoms with Crippen LogP contribution in [0, 0.1) is 6.92 Å². The Hall–Kier alpha value is -3.19. The van der Waals surface area contributed by atoms with Gasteiger partial charge in [0.1, 0.15) is 23.9 Å². The van der Waals surface area contributed by atoms with E-state index in [1.165, 1.54) is 16.0 Å². The summed E-state index contributed by atoms with van der Waals surface area (Å²) in [4.78, 5) is 33.5. The number of amides is 2. The standard InChI is InChI=1S/C25H25N3O3S/c1-16-8-10-17(11-9-16)24-23-19-6-2-3-7-20(19)32-25(23)28(22(30)14-27-24)15-21(29)26-13-18-5-4-12-31-18/h4-5,8-12H,2-3,6-7,13-15H2,1H3,(H,26,29). The molecule has 1 aromatic carbocycles. The summed E-state index contributed by atoms with van der Waals surface area (Å²) < 4.78 is 5.29. The van der Waals surface area contributed by atoms with Gasteiger partial charge < -0.3 is 9.73 Å². The zero-order valence-electron chi connectivity index (χ0n) is 18.0. The number of anilines is 1. The van der Waals surface area contributed by atoms with E-state index in [4.69, 9.17) is 9.41 Å². The zero-order valence-corrected chi connectivity index (χ0v) is 18.8. The summed E-state index contributed by atoms with van der Waals surface area (Å²) >= 11 is 1.65. The monoisotopic (exact) mass is 447 g/mol. The summed E-state index contributed by atoms with van der Waals surface area (Å²) in [6.45, 7) is 2.36. The summed E-state index contributed by atoms with van der Waals surface area (Å²) in [6, 6.07) is 11.9. The molecule has 0 radical (unpaired) electrons. The van der Waals surface area contributed by atoms with Crippen LogP contribution in [-0.4, -0.2) is 30.6 Å². The molecule has 0 spiro atoms. The number of aliphatic imine (C=N–C) groups is 1. The van der Waals surface area contributed by atoms with Crippen molar-refractivity contribution in [3.8, 4) is 0 Å². The van der Waals surface area contributed by atoms with Crippen molar-refractivity contribution in [2.24, 2.45) is 4.99 Å². The highest BCUT2D eigenvalue weighted by Gasteiger charge is 2.33. The van der Waals surface area contributed by atoms with Gasteiger partial charge in [0.15, 0.2) is 0 Å². The molecule has 0 saturated carbocycles. The number of rotatable bonds is 5. The molecule has 3 heterocycles. The van der Waals surface area contributed by atoms with Crippen molar-refractivity contribution in [3.05, 3.63) is 75.6 Å². The van der Waals surface area contributed by atoms with Gasteiger partial charge in [0.05, 0.1) is 18.5 Å². The number of carbonyl (C=O) groups excluding carboxylic acids is 2. The van der Waals surface area contributed by atoms with E-state index in [1.54, 1.807) is 28.6 Å². The lowest BCUT2D eigenvalue weighted by Gasteiger charge is -2.20. The first-order chi connectivity index (χ1) is 15.6. The van der Waals surface area contributed by atoms with Gasteiger partial charge in [0.25, 0.3) is 0 Å². The molecule has 0 atom stereocenters. The van der Waals surface area contributed by atoms with Crippen molar-refractivity contribution >= 4 is 33.9 Å². The molecule has 6 nitrogen and oxygen atoms in total. The molecule has 2 aliphatic rings. The molecular formula is C25H25N3O3S. The van der Waals surface area contributed by atoms with Crippen LogP contribution >= 0.6 is 11.3 Å². The summed E-state index contributed by atoms with van der Waals surface area (Å²) in [5, 5.41) is 3.71. The highest BCUT2D eigenvalue weighted by molar-refractivity contribution is 7.17. The van der Waals surface area contributed by atoms with Gasteiger partial charge in [-0.05, 0) is 50.3 Å². The first-order valence-electron chi connectivity index (χ1n) is 11.0. The van der Waals surface area contributed by atoms with Crippen LogP contribution < -0.4 is 10.2 Å². The molecule has 1 aliphatic heterocycles. The second kappa shape index (κ2) is 8.74. The Kier molecular flexibility index (Phi) is 5.66. The lowest BCUT2D eigenvalue weighted by atomic mass is 9.91. The maximum Gasteiger partial charge on any atom is 0.249 e. The lowest BCUT2D eigenvalue weighted by Crippen LogP contribution is -2.41. The second-order valence-corrected chi connectivity index (χ2v) is 9.34. The number of furan rings is 1. The first kappa shape index (κ1) is 20.7. The number of nitrogens with one attached hydrogen (secondary N) is 1. The van der Waals surface area contributed by atoms with E-state index < -0.39 is 0 Å². The van der Waals surface area contributed by atoms with Crippen molar-refractivity contribution in [1.29, 1.82) is 0 Å². The molecule has 0 bridgehead atoms. The lowest BCUT2D eigenvalue weighted by molar-refractivity contribution is -0.123. The maximum absolute atomic E-state index is 13.1. The predicted octanol–water partition coefficient (Wildman–Crippen LogP) is 4.03. The Labute approximate surface area is 191 Å². The van der Waals surface area contributed by atoms with Crippen LogP contribution in [0.25, 0.3) is 0 Å². The van der Waals surface area contributed by atoms with E-state index in [9.17, 15) is 9.59 Å². The average Bonchev–Trinajstić information content (AvgIpc) is 3.43. The predicted molar refractivity (Wildman–Crippen MR) is 126 cm³/mol. The topological polar surface area (TPSA) is 74.9 Å². The molecule has 5 rings (SSSR count). The zero-order chi connectivity index (χ0) is 22.1. The molecule has 0 unspecified atom stereocenters. The summed E-state index contributed by atoms with van der Waals surface area (Å²) in [5.41, 5.74) is 5.40. The Morgan fingerprint density at radius 1 is 1.19 bits per heavy atom. The highest BCUT2D eigenvalue weighted by atomic mass is 32.1. The van der Waals surface area contributed by atoms with E-state index in [1.807, 2.05) is 6.07 Å². The van der Waals surface area contributed by atoms with Crippen LogP contribution in [0.15, 0.2) is 52.1 Å². The third-order valence-corrected chi connectivity index (χ3v) is 7.29. The van der Waals surface area contributed by atoms with Crippen molar-refractivity contribution in [2.75, 3.05) is 18.0 Å². The molecular weight excluding hydrogens is 422 g/mol. The Balaban J connectivity index is 1.49.